The van der Waals surface area contributed by atoms with Gasteiger partial charge in [-0.15, -0.1) is 0 Å². The summed E-state index contributed by atoms with van der Waals surface area (Å²) in [6.07, 6.45) is 4.67. The third kappa shape index (κ3) is 4.03. The largest absolute Gasteiger partial charge is 0.393 e. The van der Waals surface area contributed by atoms with Crippen molar-refractivity contribution in [2.75, 3.05) is 13.1 Å². The normalized spacial score (nSPS) is 18.3. The van der Waals surface area contributed by atoms with E-state index in [9.17, 15) is 0 Å². The molecule has 1 atom stereocenters. The molecule has 3 heteroatoms. The van der Waals surface area contributed by atoms with Gasteiger partial charge in [-0.3, -0.25) is 4.90 Å². The highest BCUT2D eigenvalue weighted by atomic mass is 32.1. The SMILES string of the molecule is CC(C)N(CCC(N)=S)CC1CCCc2ccccc21. The van der Waals surface area contributed by atoms with Gasteiger partial charge in [0.1, 0.15) is 0 Å². The fraction of sp³-hybridized carbons (Fsp3) is 0.588. The van der Waals surface area contributed by atoms with Gasteiger partial charge in [0.25, 0.3) is 0 Å². The minimum atomic E-state index is 0.540. The zero-order chi connectivity index (χ0) is 14.5. The second-order valence-corrected chi connectivity index (χ2v) is 6.62. The fourth-order valence-electron chi connectivity index (χ4n) is 3.14. The van der Waals surface area contributed by atoms with Gasteiger partial charge in [-0.25, -0.2) is 0 Å². The van der Waals surface area contributed by atoms with Gasteiger partial charge in [-0.2, -0.15) is 0 Å². The van der Waals surface area contributed by atoms with Gasteiger partial charge in [-0.1, -0.05) is 36.5 Å². The number of benzene rings is 1. The Balaban J connectivity index is 2.05. The third-order valence-corrected chi connectivity index (χ3v) is 4.53. The Kier molecular flexibility index (Phi) is 5.55. The van der Waals surface area contributed by atoms with Crippen molar-refractivity contribution in [3.05, 3.63) is 35.4 Å². The number of hydrogen-bond donors (Lipinski definition) is 1. The van der Waals surface area contributed by atoms with E-state index in [1.54, 1.807) is 11.1 Å². The van der Waals surface area contributed by atoms with Crippen molar-refractivity contribution in [1.82, 2.24) is 4.90 Å². The Morgan fingerprint density at radius 3 is 2.85 bits per heavy atom. The van der Waals surface area contributed by atoms with E-state index in [2.05, 4.69) is 43.0 Å². The van der Waals surface area contributed by atoms with Crippen molar-refractivity contribution in [2.45, 2.75) is 51.5 Å². The van der Waals surface area contributed by atoms with Gasteiger partial charge in [0, 0.05) is 25.6 Å². The quantitative estimate of drug-likeness (QED) is 0.813. The van der Waals surface area contributed by atoms with Crippen LogP contribution in [0.3, 0.4) is 0 Å². The first-order valence-corrected chi connectivity index (χ1v) is 8.09. The van der Waals surface area contributed by atoms with E-state index in [0.29, 0.717) is 16.9 Å². The van der Waals surface area contributed by atoms with Crippen LogP contribution in [0.15, 0.2) is 24.3 Å². The second-order valence-electron chi connectivity index (χ2n) is 6.09. The van der Waals surface area contributed by atoms with E-state index < -0.39 is 0 Å². The van der Waals surface area contributed by atoms with Crippen molar-refractivity contribution in [2.24, 2.45) is 5.73 Å². The van der Waals surface area contributed by atoms with Crippen LogP contribution in [0.5, 0.6) is 0 Å². The first kappa shape index (κ1) is 15.5. The minimum Gasteiger partial charge on any atom is -0.393 e. The first-order valence-electron chi connectivity index (χ1n) is 7.68. The Bertz CT molecular complexity index is 456. The van der Waals surface area contributed by atoms with Crippen LogP contribution < -0.4 is 5.73 Å². The van der Waals surface area contributed by atoms with Gasteiger partial charge in [0.05, 0.1) is 4.99 Å². The molecule has 0 aromatic heterocycles. The molecule has 0 bridgehead atoms. The lowest BCUT2D eigenvalue weighted by Gasteiger charge is -2.33. The summed E-state index contributed by atoms with van der Waals surface area (Å²) in [5, 5.41) is 0. The van der Waals surface area contributed by atoms with Gasteiger partial charge < -0.3 is 5.73 Å². The molecule has 20 heavy (non-hydrogen) atoms. The summed E-state index contributed by atoms with van der Waals surface area (Å²) < 4.78 is 0. The van der Waals surface area contributed by atoms with Gasteiger partial charge in [-0.05, 0) is 50.2 Å². The van der Waals surface area contributed by atoms with Crippen LogP contribution in [0.4, 0.5) is 0 Å². The van der Waals surface area contributed by atoms with Crippen molar-refractivity contribution in [3.8, 4) is 0 Å². The molecule has 0 spiro atoms. The standard InChI is InChI=1S/C17H26N2S/c1-13(2)19(11-10-17(18)20)12-15-8-5-7-14-6-3-4-9-16(14)15/h3-4,6,9,13,15H,5,7-8,10-12H2,1-2H3,(H2,18,20). The van der Waals surface area contributed by atoms with Crippen LogP contribution in [0.25, 0.3) is 0 Å². The fourth-order valence-corrected chi connectivity index (χ4v) is 3.23. The average Bonchev–Trinajstić information content (AvgIpc) is 2.43. The number of nitrogens with zero attached hydrogens (tertiary/aromatic N) is 1. The molecule has 2 nitrogen and oxygen atoms in total. The van der Waals surface area contributed by atoms with Crippen molar-refractivity contribution < 1.29 is 0 Å². The summed E-state index contributed by atoms with van der Waals surface area (Å²) >= 11 is 5.02. The topological polar surface area (TPSA) is 29.3 Å². The van der Waals surface area contributed by atoms with Crippen LogP contribution in [0.1, 0.15) is 50.2 Å². The Morgan fingerprint density at radius 2 is 2.15 bits per heavy atom. The van der Waals surface area contributed by atoms with E-state index in [0.717, 1.165) is 19.5 Å². The molecule has 1 aromatic carbocycles. The highest BCUT2D eigenvalue weighted by molar-refractivity contribution is 7.80. The summed E-state index contributed by atoms with van der Waals surface area (Å²) in [4.78, 5) is 3.14. The van der Waals surface area contributed by atoms with Crippen LogP contribution in [-0.2, 0) is 6.42 Å². The molecule has 0 saturated heterocycles. The average molecular weight is 290 g/mol. The third-order valence-electron chi connectivity index (χ3n) is 4.32. The van der Waals surface area contributed by atoms with Gasteiger partial charge >= 0.3 is 0 Å². The molecule has 0 radical (unpaired) electrons. The molecular weight excluding hydrogens is 264 g/mol. The highest BCUT2D eigenvalue weighted by Gasteiger charge is 2.23. The van der Waals surface area contributed by atoms with Crippen LogP contribution in [0.2, 0.25) is 0 Å². The number of hydrogen-bond acceptors (Lipinski definition) is 2. The zero-order valence-corrected chi connectivity index (χ0v) is 13.5. The molecule has 0 saturated carbocycles. The number of fused-ring (bicyclic) bond motifs is 1. The summed E-state index contributed by atoms with van der Waals surface area (Å²) in [7, 11) is 0. The van der Waals surface area contributed by atoms with Crippen molar-refractivity contribution in [3.63, 3.8) is 0 Å². The van der Waals surface area contributed by atoms with E-state index in [4.69, 9.17) is 18.0 Å². The molecule has 0 aliphatic heterocycles. The highest BCUT2D eigenvalue weighted by Crippen LogP contribution is 2.32. The molecule has 1 unspecified atom stereocenters. The summed E-state index contributed by atoms with van der Waals surface area (Å²) in [6, 6.07) is 9.47. The Hall–Kier alpha value is -0.930. The van der Waals surface area contributed by atoms with E-state index in [1.165, 1.54) is 19.3 Å². The molecule has 0 amide bonds. The predicted octanol–water partition coefficient (Wildman–Crippen LogP) is 3.49. The molecule has 110 valence electrons. The first-order chi connectivity index (χ1) is 9.58. The predicted molar refractivity (Wildman–Crippen MR) is 90.2 cm³/mol. The lowest BCUT2D eigenvalue weighted by atomic mass is 9.82. The van der Waals surface area contributed by atoms with Gasteiger partial charge in [0.2, 0.25) is 0 Å². The molecule has 0 heterocycles. The summed E-state index contributed by atoms with van der Waals surface area (Å²) in [5.74, 6) is 0.661. The lowest BCUT2D eigenvalue weighted by molar-refractivity contribution is 0.207. The lowest BCUT2D eigenvalue weighted by Crippen LogP contribution is -2.37. The maximum atomic E-state index is 5.66. The second kappa shape index (κ2) is 7.19. The zero-order valence-electron chi connectivity index (χ0n) is 12.6. The summed E-state index contributed by atoms with van der Waals surface area (Å²) in [5.41, 5.74) is 8.75. The van der Waals surface area contributed by atoms with Crippen molar-refractivity contribution >= 4 is 17.2 Å². The van der Waals surface area contributed by atoms with E-state index in [1.807, 2.05) is 0 Å². The molecule has 1 aromatic rings. The smallest absolute Gasteiger partial charge is 0.0740 e. The van der Waals surface area contributed by atoms with Crippen molar-refractivity contribution in [1.29, 1.82) is 0 Å². The monoisotopic (exact) mass is 290 g/mol. The van der Waals surface area contributed by atoms with E-state index in [-0.39, 0.29) is 0 Å². The Morgan fingerprint density at radius 1 is 1.40 bits per heavy atom. The van der Waals surface area contributed by atoms with Crippen LogP contribution in [0, 0.1) is 0 Å². The summed E-state index contributed by atoms with van der Waals surface area (Å²) in [6.45, 7) is 6.62. The molecule has 2 N–H and O–H groups in total. The van der Waals surface area contributed by atoms with E-state index >= 15 is 0 Å². The molecule has 1 aliphatic rings. The maximum absolute atomic E-state index is 5.66. The Labute approximate surface area is 128 Å². The molecule has 0 fully saturated rings. The van der Waals surface area contributed by atoms with Crippen LogP contribution >= 0.6 is 12.2 Å². The van der Waals surface area contributed by atoms with Crippen LogP contribution in [-0.4, -0.2) is 29.0 Å². The molecular formula is C17H26N2S. The molecule has 1 aliphatic carbocycles. The minimum absolute atomic E-state index is 0.540. The van der Waals surface area contributed by atoms with Gasteiger partial charge in [0.15, 0.2) is 0 Å². The maximum Gasteiger partial charge on any atom is 0.0740 e. The number of rotatable bonds is 6. The molecule has 2 rings (SSSR count). The number of aryl methyl sites for hydroxylation is 1. The number of thiocarbonyl (C=S) groups is 1. The number of nitrogens with two attached hydrogens (primary N) is 1.